The van der Waals surface area contributed by atoms with Gasteiger partial charge in [-0.1, -0.05) is 87.9 Å². The van der Waals surface area contributed by atoms with Crippen LogP contribution in [0.4, 0.5) is 8.78 Å². The van der Waals surface area contributed by atoms with Crippen molar-refractivity contribution in [2.45, 2.75) is 134 Å². The summed E-state index contributed by atoms with van der Waals surface area (Å²) in [5, 5.41) is 21.4. The van der Waals surface area contributed by atoms with Gasteiger partial charge in [-0.3, -0.25) is 4.79 Å². The van der Waals surface area contributed by atoms with Crippen molar-refractivity contribution in [1.29, 1.82) is 0 Å². The van der Waals surface area contributed by atoms with Crippen LogP contribution in [0.25, 0.3) is 0 Å². The lowest BCUT2D eigenvalue weighted by atomic mass is 9.76. The topological polar surface area (TPSA) is 66.8 Å². The summed E-state index contributed by atoms with van der Waals surface area (Å²) < 4.78 is 34.3. The van der Waals surface area contributed by atoms with Gasteiger partial charge < -0.3 is 14.9 Å². The molecular formula is C34H52F2O4. The van der Waals surface area contributed by atoms with Gasteiger partial charge in [0.2, 0.25) is 0 Å². The molecular weight excluding hydrogens is 510 g/mol. The quantitative estimate of drug-likeness (QED) is 0.114. The Bertz CT molecular complexity index is 868. The summed E-state index contributed by atoms with van der Waals surface area (Å²) in [4.78, 5) is 12.0. The smallest absolute Gasteiger partial charge is 0.306 e. The minimum Gasteiger partial charge on any atom is -0.461 e. The summed E-state index contributed by atoms with van der Waals surface area (Å²) in [6.07, 6.45) is 14.1. The Hall–Kier alpha value is -1.79. The van der Waals surface area contributed by atoms with Crippen LogP contribution in [0.2, 0.25) is 0 Å². The zero-order valence-electron chi connectivity index (χ0n) is 24.5. The highest BCUT2D eigenvalue weighted by Gasteiger charge is 2.44. The number of hydrogen-bond acceptors (Lipinski definition) is 4. The summed E-state index contributed by atoms with van der Waals surface area (Å²) >= 11 is 0. The Kier molecular flexibility index (Phi) is 14.1. The van der Waals surface area contributed by atoms with Crippen LogP contribution < -0.4 is 0 Å². The Labute approximate surface area is 240 Å². The molecule has 40 heavy (non-hydrogen) atoms. The average molecular weight is 563 g/mol. The molecule has 0 bridgehead atoms. The van der Waals surface area contributed by atoms with E-state index in [2.05, 4.69) is 12.2 Å². The van der Waals surface area contributed by atoms with Crippen molar-refractivity contribution in [2.24, 2.45) is 23.7 Å². The molecule has 1 aromatic rings. The predicted molar refractivity (Wildman–Crippen MR) is 156 cm³/mol. The molecule has 0 aromatic heterocycles. The zero-order chi connectivity index (χ0) is 28.8. The summed E-state index contributed by atoms with van der Waals surface area (Å²) in [7, 11) is 0. The summed E-state index contributed by atoms with van der Waals surface area (Å²) in [6, 6.07) is 9.63. The summed E-state index contributed by atoms with van der Waals surface area (Å²) in [6.45, 7) is 2.17. The number of rotatable bonds is 17. The molecule has 0 amide bonds. The van der Waals surface area contributed by atoms with E-state index in [1.807, 2.05) is 37.3 Å². The Morgan fingerprint density at radius 3 is 2.58 bits per heavy atom. The minimum absolute atomic E-state index is 0.0251. The van der Waals surface area contributed by atoms with E-state index in [1.54, 1.807) is 0 Å². The molecule has 2 aliphatic carbocycles. The maximum atomic E-state index is 14.5. The first-order valence-electron chi connectivity index (χ1n) is 15.9. The molecule has 1 unspecified atom stereocenters. The molecule has 3 rings (SSSR count). The van der Waals surface area contributed by atoms with Gasteiger partial charge in [-0.05, 0) is 80.6 Å². The number of unbranched alkanes of at least 4 members (excludes halogenated alkanes) is 2. The van der Waals surface area contributed by atoms with E-state index in [-0.39, 0.29) is 37.3 Å². The number of ether oxygens (including phenoxy) is 1. The van der Waals surface area contributed by atoms with E-state index < -0.39 is 18.1 Å². The van der Waals surface area contributed by atoms with Crippen molar-refractivity contribution >= 4 is 5.97 Å². The average Bonchev–Trinajstić information content (AvgIpc) is 3.25. The second kappa shape index (κ2) is 17.2. The van der Waals surface area contributed by atoms with Gasteiger partial charge in [0, 0.05) is 12.8 Å². The number of allylic oxidation sites excluding steroid dienone is 2. The van der Waals surface area contributed by atoms with Crippen LogP contribution in [0.1, 0.15) is 115 Å². The third-order valence-electron chi connectivity index (χ3n) is 9.25. The van der Waals surface area contributed by atoms with E-state index in [9.17, 15) is 23.8 Å². The first-order valence-corrected chi connectivity index (χ1v) is 15.9. The van der Waals surface area contributed by atoms with Crippen LogP contribution in [0.15, 0.2) is 42.5 Å². The molecule has 5 atom stereocenters. The zero-order valence-corrected chi connectivity index (χ0v) is 24.5. The molecule has 4 nitrogen and oxygen atoms in total. The fourth-order valence-corrected chi connectivity index (χ4v) is 6.88. The third-order valence-corrected chi connectivity index (χ3v) is 9.25. The Balaban J connectivity index is 1.48. The van der Waals surface area contributed by atoms with E-state index >= 15 is 0 Å². The molecule has 2 N–H and O–H groups in total. The highest BCUT2D eigenvalue weighted by molar-refractivity contribution is 5.69. The standard InChI is InChI=1S/C34H52F2O4/c1-2-3-22-34(35,36)32(38)21-20-29-28(23-26-14-8-6-9-15-26)24-31(37)30(29)18-12-4-5-13-19-33(39)40-25-27-16-10-7-11-17-27/h4,7,10-12,16-17,26,28-32,37-38H,2-3,5-6,8-9,13-15,18-25H2,1H3/b12-4-/t28-,29+,30-,31+,32?/m1/s1. The monoisotopic (exact) mass is 562 g/mol. The van der Waals surface area contributed by atoms with Crippen LogP contribution in [-0.2, 0) is 16.1 Å². The van der Waals surface area contributed by atoms with Gasteiger partial charge in [0.15, 0.2) is 0 Å². The van der Waals surface area contributed by atoms with Gasteiger partial charge in [0.1, 0.15) is 12.7 Å². The van der Waals surface area contributed by atoms with Gasteiger partial charge in [-0.15, -0.1) is 0 Å². The second-order valence-electron chi connectivity index (χ2n) is 12.3. The van der Waals surface area contributed by atoms with E-state index in [0.717, 1.165) is 24.8 Å². The summed E-state index contributed by atoms with van der Waals surface area (Å²) in [5.41, 5.74) is 0.972. The molecule has 0 heterocycles. The lowest BCUT2D eigenvalue weighted by Crippen LogP contribution is -2.34. The van der Waals surface area contributed by atoms with Crippen molar-refractivity contribution in [3.63, 3.8) is 0 Å². The third kappa shape index (κ3) is 10.9. The van der Waals surface area contributed by atoms with Crippen molar-refractivity contribution < 1.29 is 28.5 Å². The van der Waals surface area contributed by atoms with Crippen LogP contribution in [-0.4, -0.2) is 34.3 Å². The molecule has 0 aliphatic heterocycles. The molecule has 2 aliphatic rings. The molecule has 2 fully saturated rings. The van der Waals surface area contributed by atoms with E-state index in [1.165, 1.54) is 32.1 Å². The van der Waals surface area contributed by atoms with Gasteiger partial charge in [0.05, 0.1) is 6.10 Å². The lowest BCUT2D eigenvalue weighted by molar-refractivity contribution is -0.145. The first-order chi connectivity index (χ1) is 19.3. The van der Waals surface area contributed by atoms with E-state index in [4.69, 9.17) is 4.74 Å². The number of aliphatic hydroxyl groups is 2. The lowest BCUT2D eigenvalue weighted by Gasteiger charge is -2.31. The number of halogens is 2. The number of esters is 1. The molecule has 6 heteroatoms. The fraction of sp³-hybridized carbons (Fsp3) is 0.735. The van der Waals surface area contributed by atoms with Gasteiger partial charge in [0.25, 0.3) is 5.92 Å². The maximum absolute atomic E-state index is 14.5. The molecule has 0 saturated heterocycles. The molecule has 226 valence electrons. The molecule has 2 saturated carbocycles. The van der Waals surface area contributed by atoms with Crippen LogP contribution in [0.3, 0.4) is 0 Å². The number of carbonyl (C=O) groups is 1. The fourth-order valence-electron chi connectivity index (χ4n) is 6.88. The van der Waals surface area contributed by atoms with Gasteiger partial charge in [-0.2, -0.15) is 0 Å². The Morgan fingerprint density at radius 1 is 1.10 bits per heavy atom. The van der Waals surface area contributed by atoms with Crippen LogP contribution in [0, 0.1) is 23.7 Å². The highest BCUT2D eigenvalue weighted by Crippen LogP contribution is 2.47. The summed E-state index contributed by atoms with van der Waals surface area (Å²) in [5.74, 6) is -2.09. The van der Waals surface area contributed by atoms with Crippen molar-refractivity contribution in [1.82, 2.24) is 0 Å². The minimum atomic E-state index is -3.05. The molecule has 0 spiro atoms. The SMILES string of the molecule is CCCCC(F)(F)C(O)CC[C@H]1[C@H](CC2CCCCC2)C[C@H](O)[C@@H]1C/C=C\CCCC(=O)OCc1ccccc1. The van der Waals surface area contributed by atoms with E-state index in [0.29, 0.717) is 50.4 Å². The maximum Gasteiger partial charge on any atom is 0.306 e. The van der Waals surface area contributed by atoms with Crippen molar-refractivity contribution in [2.75, 3.05) is 0 Å². The van der Waals surface area contributed by atoms with Crippen LogP contribution in [0.5, 0.6) is 0 Å². The Morgan fingerprint density at radius 2 is 1.85 bits per heavy atom. The number of alkyl halides is 2. The van der Waals surface area contributed by atoms with Crippen molar-refractivity contribution in [3.05, 3.63) is 48.0 Å². The molecule has 1 aromatic carbocycles. The second-order valence-corrected chi connectivity index (χ2v) is 12.3. The number of hydrogen-bond donors (Lipinski definition) is 2. The van der Waals surface area contributed by atoms with Gasteiger partial charge in [-0.25, -0.2) is 8.78 Å². The number of benzene rings is 1. The first kappa shape index (κ1) is 32.7. The number of aliphatic hydroxyl groups excluding tert-OH is 2. The van der Waals surface area contributed by atoms with Crippen molar-refractivity contribution in [3.8, 4) is 0 Å². The van der Waals surface area contributed by atoms with Gasteiger partial charge >= 0.3 is 5.97 Å². The normalized spacial score (nSPS) is 24.9. The number of carbonyl (C=O) groups excluding carboxylic acids is 1. The highest BCUT2D eigenvalue weighted by atomic mass is 19.3. The largest absolute Gasteiger partial charge is 0.461 e. The predicted octanol–water partition coefficient (Wildman–Crippen LogP) is 8.40. The molecule has 0 radical (unpaired) electrons. The van der Waals surface area contributed by atoms with Crippen LogP contribution >= 0.6 is 0 Å².